The Morgan fingerprint density at radius 3 is 2.50 bits per heavy atom. The predicted octanol–water partition coefficient (Wildman–Crippen LogP) is 5.40. The maximum atomic E-state index is 13.7. The van der Waals surface area contributed by atoms with Crippen molar-refractivity contribution in [3.63, 3.8) is 0 Å². The molecule has 36 heavy (non-hydrogen) atoms. The number of carbonyl (C=O) groups excluding carboxylic acids is 1. The first-order valence-corrected chi connectivity index (χ1v) is 12.5. The van der Waals surface area contributed by atoms with Gasteiger partial charge >= 0.3 is 14.2 Å². The van der Waals surface area contributed by atoms with E-state index < -0.39 is 31.5 Å². The van der Waals surface area contributed by atoms with E-state index in [0.717, 1.165) is 0 Å². The molecular formula is C21H20BrF3N6O4P+. The number of hydrogen-bond donors (Lipinski definition) is 3. The van der Waals surface area contributed by atoms with Crippen molar-refractivity contribution in [1.29, 1.82) is 0 Å². The van der Waals surface area contributed by atoms with E-state index in [1.165, 1.54) is 33.0 Å². The Hall–Kier alpha value is -3.35. The number of halogens is 4. The molecule has 190 valence electrons. The Morgan fingerprint density at radius 2 is 1.86 bits per heavy atom. The molecular weight excluding hydrogens is 568 g/mol. The number of anilines is 4. The average molecular weight is 588 g/mol. The fourth-order valence-electron chi connectivity index (χ4n) is 2.91. The van der Waals surface area contributed by atoms with Crippen molar-refractivity contribution in [3.05, 3.63) is 58.0 Å². The van der Waals surface area contributed by atoms with E-state index in [9.17, 15) is 22.5 Å². The highest BCUT2D eigenvalue weighted by atomic mass is 79.9. The number of aromatic nitrogens is 3. The second-order valence-electron chi connectivity index (χ2n) is 7.06. The Bertz CT molecular complexity index is 1290. The molecule has 0 saturated heterocycles. The molecule has 1 aromatic carbocycles. The largest absolute Gasteiger partial charge is 0.505 e. The summed E-state index contributed by atoms with van der Waals surface area (Å²) >= 11 is 3.14. The highest BCUT2D eigenvalue weighted by Crippen LogP contribution is 2.36. The van der Waals surface area contributed by atoms with Crippen LogP contribution in [0.4, 0.5) is 36.3 Å². The van der Waals surface area contributed by atoms with Gasteiger partial charge in [0.2, 0.25) is 5.95 Å². The van der Waals surface area contributed by atoms with Crippen LogP contribution >= 0.6 is 24.0 Å². The Morgan fingerprint density at radius 1 is 1.14 bits per heavy atom. The van der Waals surface area contributed by atoms with Gasteiger partial charge in [-0.05, 0) is 50.3 Å². The van der Waals surface area contributed by atoms with Crippen molar-refractivity contribution in [2.75, 3.05) is 31.5 Å². The third-order valence-electron chi connectivity index (χ3n) is 4.58. The normalized spacial score (nSPS) is 11.6. The van der Waals surface area contributed by atoms with Crippen molar-refractivity contribution >= 4 is 53.0 Å². The predicted molar refractivity (Wildman–Crippen MR) is 130 cm³/mol. The Balaban J connectivity index is 1.98. The molecule has 3 N–H and O–H groups in total. The van der Waals surface area contributed by atoms with Crippen LogP contribution in [0.5, 0.6) is 5.75 Å². The van der Waals surface area contributed by atoms with Crippen LogP contribution in [-0.4, -0.2) is 41.7 Å². The summed E-state index contributed by atoms with van der Waals surface area (Å²) in [5.41, 5.74) is -0.246. The molecule has 1 amide bonds. The van der Waals surface area contributed by atoms with Crippen molar-refractivity contribution in [2.24, 2.45) is 0 Å². The average Bonchev–Trinajstić information content (AvgIpc) is 2.83. The molecule has 0 fully saturated rings. The molecule has 0 spiro atoms. The summed E-state index contributed by atoms with van der Waals surface area (Å²) in [6.07, 6.45) is -4.16. The zero-order chi connectivity index (χ0) is 26.5. The van der Waals surface area contributed by atoms with E-state index >= 15 is 0 Å². The fraction of sp³-hybridized carbons (Fsp3) is 0.238. The number of carbonyl (C=O) groups is 1. The van der Waals surface area contributed by atoms with E-state index in [0.29, 0.717) is 27.8 Å². The molecule has 0 aliphatic rings. The van der Waals surface area contributed by atoms with Crippen LogP contribution in [-0.2, 0) is 21.9 Å². The summed E-state index contributed by atoms with van der Waals surface area (Å²) in [6.45, 7) is 1.51. The van der Waals surface area contributed by atoms with Gasteiger partial charge < -0.3 is 20.7 Å². The number of alkyl halides is 3. The number of rotatable bonds is 9. The second kappa shape index (κ2) is 11.6. The minimum atomic E-state index is -4.78. The summed E-state index contributed by atoms with van der Waals surface area (Å²) in [7, 11) is 0.990. The first-order chi connectivity index (χ1) is 17.0. The number of hydrogen-bond acceptors (Lipinski definition) is 9. The lowest BCUT2D eigenvalue weighted by Gasteiger charge is -2.17. The summed E-state index contributed by atoms with van der Waals surface area (Å²) in [4.78, 5) is 24.0. The molecule has 0 bridgehead atoms. The van der Waals surface area contributed by atoms with Crippen LogP contribution in [0.1, 0.15) is 21.6 Å². The topological polar surface area (TPSA) is 127 Å². The number of ether oxygens (including phenoxy) is 1. The molecule has 0 aliphatic carbocycles. The van der Waals surface area contributed by atoms with Gasteiger partial charge in [-0.25, -0.2) is 9.97 Å². The quantitative estimate of drug-likeness (QED) is 0.223. The summed E-state index contributed by atoms with van der Waals surface area (Å²) in [5, 5.41) is 7.76. The second-order valence-corrected chi connectivity index (χ2v) is 9.01. The monoisotopic (exact) mass is 587 g/mol. The van der Waals surface area contributed by atoms with Gasteiger partial charge in [0.15, 0.2) is 12.4 Å². The Kier molecular flexibility index (Phi) is 8.77. The van der Waals surface area contributed by atoms with Crippen LogP contribution < -0.4 is 20.7 Å². The maximum Gasteiger partial charge on any atom is 0.505 e. The van der Waals surface area contributed by atoms with Crippen molar-refractivity contribution in [1.82, 2.24) is 20.3 Å². The molecule has 0 saturated carbocycles. The van der Waals surface area contributed by atoms with Crippen molar-refractivity contribution < 1.29 is 31.8 Å². The number of pyridine rings is 1. The molecule has 1 atom stereocenters. The number of methoxy groups -OCH3 is 1. The van der Waals surface area contributed by atoms with Gasteiger partial charge in [-0.15, -0.1) is 4.52 Å². The van der Waals surface area contributed by atoms with Gasteiger partial charge in [0.25, 0.3) is 5.91 Å². The first-order valence-electron chi connectivity index (χ1n) is 10.1. The molecule has 2 heterocycles. The lowest BCUT2D eigenvalue weighted by Crippen LogP contribution is -2.21. The summed E-state index contributed by atoms with van der Waals surface area (Å²) in [5.74, 6) is -1.04. The number of nitrogens with zero attached hydrogens (tertiary/aromatic N) is 3. The molecule has 1 unspecified atom stereocenters. The van der Waals surface area contributed by atoms with E-state index in [2.05, 4.69) is 46.8 Å². The molecule has 2 aromatic heterocycles. The maximum absolute atomic E-state index is 13.7. The minimum absolute atomic E-state index is 0.00360. The van der Waals surface area contributed by atoms with Crippen LogP contribution in [0.25, 0.3) is 0 Å². The van der Waals surface area contributed by atoms with Crippen molar-refractivity contribution in [3.8, 4) is 5.75 Å². The van der Waals surface area contributed by atoms with Gasteiger partial charge in [0.05, 0.1) is 18.5 Å². The zero-order valence-corrected chi connectivity index (χ0v) is 21.6. The van der Waals surface area contributed by atoms with E-state index in [1.54, 1.807) is 18.2 Å². The van der Waals surface area contributed by atoms with Crippen LogP contribution in [0.15, 0.2) is 41.1 Å². The van der Waals surface area contributed by atoms with Crippen LogP contribution in [0.2, 0.25) is 0 Å². The molecule has 15 heteroatoms. The fourth-order valence-corrected chi connectivity index (χ4v) is 3.55. The standard InChI is InChI=1S/C21H19BrF3N6O4P/c1-26-19(32)17-14(6-7-16(22)30-17)28-18-12(21(23,24)25)9-27-20(31-18)29-13-5-4-11(8-15(13)34-2)10-35-36(3)33/h4-9H,10H2,1-3H3,(H2-,26,27,28,29,31,32)/p+1. The van der Waals surface area contributed by atoms with Crippen LogP contribution in [0.3, 0.4) is 0 Å². The highest BCUT2D eigenvalue weighted by molar-refractivity contribution is 9.10. The minimum Gasteiger partial charge on any atom is -0.495 e. The molecule has 0 aliphatic heterocycles. The summed E-state index contributed by atoms with van der Waals surface area (Å²) < 4.78 is 63.0. The van der Waals surface area contributed by atoms with E-state index in [4.69, 9.17) is 9.26 Å². The summed E-state index contributed by atoms with van der Waals surface area (Å²) in [6, 6.07) is 7.73. The van der Waals surface area contributed by atoms with E-state index in [-0.39, 0.29) is 23.9 Å². The van der Waals surface area contributed by atoms with Gasteiger partial charge in [-0.1, -0.05) is 6.07 Å². The van der Waals surface area contributed by atoms with Gasteiger partial charge in [0.1, 0.15) is 28.3 Å². The SMILES string of the molecule is CNC(=O)c1nc(Br)ccc1Nc1nc(Nc2ccc(CO[P+](C)=O)cc2OC)ncc1C(F)(F)F. The molecule has 3 aromatic rings. The number of nitrogens with one attached hydrogen (secondary N) is 3. The molecule has 0 radical (unpaired) electrons. The Labute approximate surface area is 213 Å². The molecule has 10 nitrogen and oxygen atoms in total. The van der Waals surface area contributed by atoms with Gasteiger partial charge in [0, 0.05) is 13.2 Å². The highest BCUT2D eigenvalue weighted by Gasteiger charge is 2.36. The lowest BCUT2D eigenvalue weighted by molar-refractivity contribution is -0.137. The first kappa shape index (κ1) is 27.2. The lowest BCUT2D eigenvalue weighted by atomic mass is 10.2. The van der Waals surface area contributed by atoms with E-state index in [1.807, 2.05) is 0 Å². The number of benzene rings is 1. The third-order valence-corrected chi connectivity index (χ3v) is 5.51. The molecule has 3 rings (SSSR count). The zero-order valence-electron chi connectivity index (χ0n) is 19.1. The van der Waals surface area contributed by atoms with Gasteiger partial charge in [-0.2, -0.15) is 18.2 Å². The third kappa shape index (κ3) is 6.86. The van der Waals surface area contributed by atoms with Crippen molar-refractivity contribution in [2.45, 2.75) is 12.8 Å². The van der Waals surface area contributed by atoms with Crippen LogP contribution in [0, 0.1) is 0 Å². The smallest absolute Gasteiger partial charge is 0.495 e. The van der Waals surface area contributed by atoms with Gasteiger partial charge in [-0.3, -0.25) is 4.79 Å². The number of amides is 1.